The lowest BCUT2D eigenvalue weighted by molar-refractivity contribution is 0.0942. The number of rotatable bonds is 43. The van der Waals surface area contributed by atoms with Crippen LogP contribution >= 0.6 is 11.3 Å². The van der Waals surface area contributed by atoms with Crippen LogP contribution in [0.4, 0.5) is 0 Å². The fourth-order valence-corrected chi connectivity index (χ4v) is 14.7. The van der Waals surface area contributed by atoms with Crippen molar-refractivity contribution in [1.82, 2.24) is 20.3 Å². The number of amides is 1. The molecule has 29 heteroatoms. The van der Waals surface area contributed by atoms with Crippen molar-refractivity contribution >= 4 is 115 Å². The smallest absolute Gasteiger partial charge is 0.251 e. The number of carbonyl (C=O) groups excluding carboxylic acids is 1. The van der Waals surface area contributed by atoms with Crippen molar-refractivity contribution in [3.8, 4) is 0 Å². The van der Waals surface area contributed by atoms with E-state index in [9.17, 15) is 65.8 Å². The lowest BCUT2D eigenvalue weighted by Gasteiger charge is -2.20. The lowest BCUT2D eigenvalue weighted by Crippen LogP contribution is -2.30. The van der Waals surface area contributed by atoms with Crippen molar-refractivity contribution in [1.29, 1.82) is 0 Å². The topological polar surface area (TPSA) is 382 Å². The lowest BCUT2D eigenvalue weighted by atomic mass is 10.0. The van der Waals surface area contributed by atoms with Gasteiger partial charge in [0.25, 0.3) is 5.91 Å². The molecule has 21 nitrogen and oxygen atoms in total. The number of primary sulfonamides is 1. The minimum absolute atomic E-state index is 0.0304. The molecule has 6 aromatic carbocycles. The average Bonchev–Trinajstić information content (AvgIpc) is 1.68. The van der Waals surface area contributed by atoms with Crippen molar-refractivity contribution in [3.05, 3.63) is 225 Å². The first-order valence-electron chi connectivity index (χ1n) is 54.2. The number of benzene rings is 6. The summed E-state index contributed by atoms with van der Waals surface area (Å²) in [4.78, 5) is 24.6. The highest BCUT2D eigenvalue weighted by atomic mass is 32.2. The van der Waals surface area contributed by atoms with Gasteiger partial charge in [0.05, 0.1) is 20.6 Å². The second-order valence-electron chi connectivity index (χ2n) is 43.9. The largest absolute Gasteiger partial charge is 0.772 e. The Morgan fingerprint density at radius 3 is 1.03 bits per heavy atom. The Labute approximate surface area is 917 Å². The molecule has 148 heavy (non-hydrogen) atoms. The molecule has 0 spiro atoms. The maximum absolute atomic E-state index is 11.9. The number of hydrogen-bond donors (Lipinski definition) is 2. The van der Waals surface area contributed by atoms with E-state index in [1.54, 1.807) is 165 Å². The molecule has 3 aromatic heterocycles. The first-order chi connectivity index (χ1) is 69.4. The SMILES string of the molecule is CC(C)(C)S(=O)[O-].CC(C)(C)S(=O)[O-].CC(C)(C)S(=O)[O-].CC(C)(C)S(=O)[O-].CC(C)(C)S(=O)[O-].CC(C)(C)S(=O)[O-].CCCCCCCCCc1ccc(S(N)(=O)=O)cc1.CCCCCCCc1ccc(Cc2ccncc2)cc1.CCCCCCCc1ccc2c(c1)CCC2.CCCCCCCc1ccc2ncsc2c1.CCCCCCCc1ccc2ocnc2c1.CCCCCCCc1cccc(C(=O)NC(C)C)c1. The molecule has 0 saturated heterocycles. The Morgan fingerprint density at radius 2 is 0.669 bits per heavy atom. The fourth-order valence-electron chi connectivity index (χ4n) is 13.5. The zero-order valence-electron chi connectivity index (χ0n) is 95.6. The summed E-state index contributed by atoms with van der Waals surface area (Å²) >= 11 is -9.86. The monoisotopic (exact) mass is 2200 g/mol. The summed E-state index contributed by atoms with van der Waals surface area (Å²) in [6.45, 7) is 47.2. The summed E-state index contributed by atoms with van der Waals surface area (Å²) in [6.07, 6.45) is 59.9. The fraction of sp³-hybridized carbons (Fsp3) is 0.630. The van der Waals surface area contributed by atoms with Crippen LogP contribution in [0.2, 0.25) is 0 Å². The van der Waals surface area contributed by atoms with E-state index in [1.165, 1.54) is 294 Å². The predicted octanol–water partition coefficient (Wildman–Crippen LogP) is 31.0. The van der Waals surface area contributed by atoms with Gasteiger partial charge in [-0.25, -0.2) is 23.5 Å². The molecule has 0 saturated carbocycles. The number of nitrogens with two attached hydrogens (primary N) is 1. The molecule has 9 aromatic rings. The van der Waals surface area contributed by atoms with Gasteiger partial charge in [0.15, 0.2) is 12.0 Å². The van der Waals surface area contributed by atoms with Gasteiger partial charge in [0.2, 0.25) is 10.0 Å². The highest BCUT2D eigenvalue weighted by Gasteiger charge is 2.16. The van der Waals surface area contributed by atoms with Crippen molar-refractivity contribution in [2.45, 2.75) is 489 Å². The minimum Gasteiger partial charge on any atom is -0.772 e. The number of hydrogen-bond acceptors (Lipinski definition) is 20. The van der Waals surface area contributed by atoms with E-state index >= 15 is 0 Å². The molecule has 10 rings (SSSR count). The number of pyridine rings is 1. The van der Waals surface area contributed by atoms with Crippen LogP contribution < -0.4 is 10.5 Å². The highest BCUT2D eigenvalue weighted by molar-refractivity contribution is 7.89. The van der Waals surface area contributed by atoms with E-state index in [0.717, 1.165) is 47.9 Å². The molecular weight excluding hydrogens is 2010 g/mol. The predicted molar refractivity (Wildman–Crippen MR) is 628 cm³/mol. The number of thiazole rings is 1. The van der Waals surface area contributed by atoms with Crippen LogP contribution in [0.25, 0.3) is 21.3 Å². The molecule has 1 aliphatic carbocycles. The molecule has 0 fully saturated rings. The first-order valence-corrected chi connectivity index (χ1v) is 63.1. The van der Waals surface area contributed by atoms with E-state index in [-0.39, 0.29) is 16.8 Å². The Bertz CT molecular complexity index is 4890. The maximum Gasteiger partial charge on any atom is 0.251 e. The van der Waals surface area contributed by atoms with Crippen LogP contribution in [0.5, 0.6) is 0 Å². The zero-order chi connectivity index (χ0) is 112. The number of sulfonamides is 1. The Hall–Kier alpha value is -6.13. The molecule has 6 unspecified atom stereocenters. The summed E-state index contributed by atoms with van der Waals surface area (Å²) in [5.74, 6) is 0.0304. The third-order valence-corrected chi connectivity index (χ3v) is 30.6. The van der Waals surface area contributed by atoms with Crippen LogP contribution in [0.1, 0.15) is 458 Å². The third-order valence-electron chi connectivity index (χ3n) is 22.9. The van der Waals surface area contributed by atoms with Gasteiger partial charge in [-0.15, -0.1) is 11.3 Å². The number of unbranched alkanes of at least 4 members (excludes halogenated alkanes) is 26. The number of oxazole rings is 1. The standard InChI is InChI=1S/C19H25N.C17H27NO.C16H24.C15H25NO2S.C14H19NO.C14H19NS.6C4H10O2S/c1-2-3-4-5-6-7-17-8-10-18(11-9-17)16-19-12-14-20-15-13-19;1-4-5-6-7-8-10-15-11-9-12-16(13-15)17(19)18-14(2)3;1-2-3-4-5-6-8-14-11-12-15-9-7-10-16(15)13-14;1-2-3-4-5-6-7-8-9-14-10-12-15(13-11-14)19(16,17)18;1-2-3-4-5-6-7-12-8-9-14-13(10-12)15-11-16-14;1-2-3-4-5-6-7-12-8-9-13-14(10-12)16-11-15-13;6*1-4(2,3)7(5)6/h8-15H,2-7,16H2,1H3;9,11-14H,4-8,10H2,1-3H3,(H,18,19);11-13H,2-10H2,1H3;10-13H,2-9H2,1H3,(H2,16,17,18);2*8-11H,2-7H2,1H3;6*1-3H3,(H,5,6)/p-6. The molecule has 3 heterocycles. The molecule has 1 aliphatic rings. The second-order valence-corrected chi connectivity index (χ2v) is 56.5. The van der Waals surface area contributed by atoms with E-state index in [4.69, 9.17) is 9.56 Å². The van der Waals surface area contributed by atoms with Gasteiger partial charge in [0, 0.05) is 52.5 Å². The number of carbonyl (C=O) groups is 1. The molecule has 0 aliphatic heterocycles. The molecule has 0 radical (unpaired) electrons. The maximum atomic E-state index is 11.9. The summed E-state index contributed by atoms with van der Waals surface area (Å²) in [5, 5.41) is 7.99. The van der Waals surface area contributed by atoms with Gasteiger partial charge in [-0.1, -0.05) is 287 Å². The van der Waals surface area contributed by atoms with Crippen molar-refractivity contribution in [2.24, 2.45) is 5.14 Å². The first kappa shape index (κ1) is 144. The van der Waals surface area contributed by atoms with Gasteiger partial charge in [-0.2, -0.15) is 0 Å². The van der Waals surface area contributed by atoms with Gasteiger partial charge >= 0.3 is 0 Å². The Morgan fingerprint density at radius 1 is 0.365 bits per heavy atom. The van der Waals surface area contributed by atoms with Gasteiger partial charge in [-0.05, 0) is 424 Å². The van der Waals surface area contributed by atoms with E-state index in [0.29, 0.717) is 0 Å². The van der Waals surface area contributed by atoms with E-state index < -0.39 is 105 Å². The second kappa shape index (κ2) is 82.4. The third kappa shape index (κ3) is 77.2. The molecule has 6 atom stereocenters. The normalized spacial score (nSPS) is 12.9. The molecule has 3 N–H and O–H groups in total. The number of aryl methyl sites for hydroxylation is 8. The number of nitrogens with zero attached hydrogens (tertiary/aromatic N) is 3. The van der Waals surface area contributed by atoms with Crippen molar-refractivity contribution < 1.29 is 70.2 Å². The van der Waals surface area contributed by atoms with Crippen LogP contribution in [-0.2, 0) is 134 Å². The molecule has 844 valence electrons. The minimum atomic E-state index is -3.56. The quantitative estimate of drug-likeness (QED) is 0.0265. The number of nitrogens with one attached hydrogen (secondary N) is 1. The van der Waals surface area contributed by atoms with Gasteiger partial charge in [-0.3, -0.25) is 35.0 Å². The van der Waals surface area contributed by atoms with Crippen LogP contribution in [0.3, 0.4) is 0 Å². The van der Waals surface area contributed by atoms with Gasteiger partial charge < -0.3 is 37.1 Å². The Balaban J connectivity index is 0. The Kier molecular flexibility index (Phi) is 80.1. The number of aromatic nitrogens is 3. The van der Waals surface area contributed by atoms with Crippen molar-refractivity contribution in [3.63, 3.8) is 0 Å². The highest BCUT2D eigenvalue weighted by Crippen LogP contribution is 2.27. The summed E-state index contributed by atoms with van der Waals surface area (Å²) in [7, 11) is -3.56. The van der Waals surface area contributed by atoms with Crippen LogP contribution in [0, 0.1) is 0 Å². The van der Waals surface area contributed by atoms with Crippen molar-refractivity contribution in [2.75, 3.05) is 0 Å². The van der Waals surface area contributed by atoms with Crippen LogP contribution in [0.15, 0.2) is 173 Å². The van der Waals surface area contributed by atoms with Crippen LogP contribution in [-0.4, -0.2) is 116 Å². The van der Waals surface area contributed by atoms with E-state index in [2.05, 4.69) is 153 Å². The van der Waals surface area contributed by atoms with E-state index in [1.807, 2.05) is 68.1 Å². The van der Waals surface area contributed by atoms with Gasteiger partial charge in [0.1, 0.15) is 5.52 Å². The molecule has 0 bridgehead atoms. The number of fused-ring (bicyclic) bond motifs is 3. The molecule has 1 amide bonds. The summed E-state index contributed by atoms with van der Waals surface area (Å²) in [5.41, 5.74) is 20.0. The summed E-state index contributed by atoms with van der Waals surface area (Å²) < 4.78 is 146. The molecular formula is C119H193N5O16S8-6. The average molecular weight is 2210 g/mol. The zero-order valence-corrected chi connectivity index (χ0v) is 102. The summed E-state index contributed by atoms with van der Waals surface area (Å²) in [6, 6.07) is 48.5.